The van der Waals surface area contributed by atoms with Crippen LogP contribution in [0.15, 0.2) is 35.1 Å². The molecule has 1 aromatic carbocycles. The van der Waals surface area contributed by atoms with Gasteiger partial charge in [0.25, 0.3) is 0 Å². The highest BCUT2D eigenvalue weighted by atomic mass is 79.9. The lowest BCUT2D eigenvalue weighted by Crippen LogP contribution is -2.19. The number of hydrogen-bond donors (Lipinski definition) is 2. The Morgan fingerprint density at radius 2 is 2.29 bits per heavy atom. The zero-order valence-electron chi connectivity index (χ0n) is 10.00. The van der Waals surface area contributed by atoms with Crippen LogP contribution >= 0.6 is 15.9 Å². The fourth-order valence-corrected chi connectivity index (χ4v) is 1.95. The summed E-state index contributed by atoms with van der Waals surface area (Å²) in [6, 6.07) is 6.63. The lowest BCUT2D eigenvalue weighted by atomic mass is 10.1. The molecule has 0 amide bonds. The third-order valence-electron chi connectivity index (χ3n) is 2.76. The Balaban J connectivity index is 1.96. The summed E-state index contributed by atoms with van der Waals surface area (Å²) in [5.74, 6) is 0.971. The molecule has 17 heavy (non-hydrogen) atoms. The smallest absolute Gasteiger partial charge is 0.122 e. The Morgan fingerprint density at radius 3 is 2.94 bits per heavy atom. The van der Waals surface area contributed by atoms with E-state index in [0.717, 1.165) is 16.8 Å². The van der Waals surface area contributed by atoms with Crippen LogP contribution in [-0.4, -0.2) is 9.97 Å². The molecule has 1 aromatic heterocycles. The van der Waals surface area contributed by atoms with Gasteiger partial charge in [0.2, 0.25) is 0 Å². The van der Waals surface area contributed by atoms with Gasteiger partial charge in [-0.15, -0.1) is 0 Å². The maximum atomic E-state index is 4.23. The topological polar surface area (TPSA) is 40.7 Å². The first-order valence-electron chi connectivity index (χ1n) is 5.64. The molecule has 0 spiro atoms. The molecule has 90 valence electrons. The summed E-state index contributed by atoms with van der Waals surface area (Å²) in [6.45, 7) is 5.05. The van der Waals surface area contributed by atoms with Crippen molar-refractivity contribution in [3.63, 3.8) is 0 Å². The summed E-state index contributed by atoms with van der Waals surface area (Å²) in [5.41, 5.74) is 2.54. The number of nitrogens with one attached hydrogen (secondary N) is 2. The SMILES string of the molecule is Cc1cc(CNC(C)c2ncc[nH]2)ccc1Br. The van der Waals surface area contributed by atoms with E-state index in [1.54, 1.807) is 6.20 Å². The largest absolute Gasteiger partial charge is 0.347 e. The van der Waals surface area contributed by atoms with Gasteiger partial charge in [0.05, 0.1) is 6.04 Å². The molecule has 0 aliphatic rings. The Morgan fingerprint density at radius 1 is 1.47 bits per heavy atom. The van der Waals surface area contributed by atoms with Crippen molar-refractivity contribution >= 4 is 15.9 Å². The van der Waals surface area contributed by atoms with Crippen molar-refractivity contribution < 1.29 is 0 Å². The van der Waals surface area contributed by atoms with E-state index in [4.69, 9.17) is 0 Å². The molecule has 2 rings (SSSR count). The van der Waals surface area contributed by atoms with E-state index < -0.39 is 0 Å². The number of halogens is 1. The Kier molecular flexibility index (Phi) is 3.97. The van der Waals surface area contributed by atoms with Gasteiger partial charge in [-0.25, -0.2) is 4.98 Å². The van der Waals surface area contributed by atoms with Gasteiger partial charge >= 0.3 is 0 Å². The molecule has 0 fully saturated rings. The van der Waals surface area contributed by atoms with E-state index in [1.807, 2.05) is 6.20 Å². The summed E-state index contributed by atoms with van der Waals surface area (Å²) in [6.07, 6.45) is 3.62. The van der Waals surface area contributed by atoms with Crippen molar-refractivity contribution in [2.45, 2.75) is 26.4 Å². The van der Waals surface area contributed by atoms with Crippen molar-refractivity contribution in [3.8, 4) is 0 Å². The molecule has 1 heterocycles. The van der Waals surface area contributed by atoms with Crippen LogP contribution in [0.1, 0.15) is 29.9 Å². The number of H-pyrrole nitrogens is 1. The molecule has 2 N–H and O–H groups in total. The number of hydrogen-bond acceptors (Lipinski definition) is 2. The van der Waals surface area contributed by atoms with Gasteiger partial charge in [-0.05, 0) is 31.0 Å². The molecule has 3 nitrogen and oxygen atoms in total. The summed E-state index contributed by atoms with van der Waals surface area (Å²) >= 11 is 3.51. The molecule has 2 aromatic rings. The van der Waals surface area contributed by atoms with Crippen LogP contribution in [0.3, 0.4) is 0 Å². The van der Waals surface area contributed by atoms with Crippen LogP contribution < -0.4 is 5.32 Å². The second-order valence-corrected chi connectivity index (χ2v) is 5.01. The molecule has 0 saturated heterocycles. The van der Waals surface area contributed by atoms with Gasteiger partial charge in [0.15, 0.2) is 0 Å². The normalized spacial score (nSPS) is 12.6. The van der Waals surface area contributed by atoms with Crippen molar-refractivity contribution in [1.82, 2.24) is 15.3 Å². The van der Waals surface area contributed by atoms with Gasteiger partial charge < -0.3 is 10.3 Å². The Bertz CT molecular complexity index is 479. The van der Waals surface area contributed by atoms with Crippen LogP contribution in [0, 0.1) is 6.92 Å². The number of nitrogens with zero attached hydrogens (tertiary/aromatic N) is 1. The first-order chi connectivity index (χ1) is 8.16. The summed E-state index contributed by atoms with van der Waals surface area (Å²) in [4.78, 5) is 7.35. The summed E-state index contributed by atoms with van der Waals surface area (Å²) in [5, 5.41) is 3.44. The third kappa shape index (κ3) is 3.17. The van der Waals surface area contributed by atoms with E-state index in [0.29, 0.717) is 0 Å². The molecular weight excluding hydrogens is 278 g/mol. The minimum atomic E-state index is 0.231. The van der Waals surface area contributed by atoms with Crippen LogP contribution in [0.25, 0.3) is 0 Å². The van der Waals surface area contributed by atoms with Crippen molar-refractivity contribution in [3.05, 3.63) is 52.0 Å². The molecular formula is C13H16BrN3. The van der Waals surface area contributed by atoms with Crippen LogP contribution in [0.4, 0.5) is 0 Å². The predicted octanol–water partition coefficient (Wildman–Crippen LogP) is 3.33. The zero-order chi connectivity index (χ0) is 12.3. The molecule has 4 heteroatoms. The van der Waals surface area contributed by atoms with Crippen LogP contribution in [0.5, 0.6) is 0 Å². The second kappa shape index (κ2) is 5.47. The minimum Gasteiger partial charge on any atom is -0.347 e. The number of benzene rings is 1. The van der Waals surface area contributed by atoms with Gasteiger partial charge in [-0.3, -0.25) is 0 Å². The molecule has 0 bridgehead atoms. The maximum absolute atomic E-state index is 4.23. The summed E-state index contributed by atoms with van der Waals surface area (Å²) in [7, 11) is 0. The summed E-state index contributed by atoms with van der Waals surface area (Å²) < 4.78 is 1.15. The van der Waals surface area contributed by atoms with Crippen molar-refractivity contribution in [2.75, 3.05) is 0 Å². The standard InChI is InChI=1S/C13H16BrN3/c1-9-7-11(3-4-12(9)14)8-17-10(2)13-15-5-6-16-13/h3-7,10,17H,8H2,1-2H3,(H,15,16). The van der Waals surface area contributed by atoms with Crippen LogP contribution in [-0.2, 0) is 6.54 Å². The number of imidazole rings is 1. The minimum absolute atomic E-state index is 0.231. The van der Waals surface area contributed by atoms with Crippen LogP contribution in [0.2, 0.25) is 0 Å². The Labute approximate surface area is 110 Å². The average molecular weight is 294 g/mol. The number of aromatic amines is 1. The average Bonchev–Trinajstić information content (AvgIpc) is 2.84. The van der Waals surface area contributed by atoms with Gasteiger partial charge in [0, 0.05) is 23.4 Å². The second-order valence-electron chi connectivity index (χ2n) is 4.16. The molecule has 1 unspecified atom stereocenters. The fraction of sp³-hybridized carbons (Fsp3) is 0.308. The Hall–Kier alpha value is -1.13. The van der Waals surface area contributed by atoms with E-state index in [9.17, 15) is 0 Å². The molecule has 0 aliphatic carbocycles. The van der Waals surface area contributed by atoms with E-state index in [2.05, 4.69) is 63.3 Å². The highest BCUT2D eigenvalue weighted by molar-refractivity contribution is 9.10. The maximum Gasteiger partial charge on any atom is 0.122 e. The van der Waals surface area contributed by atoms with E-state index in [1.165, 1.54) is 11.1 Å². The number of rotatable bonds is 4. The molecule has 0 radical (unpaired) electrons. The van der Waals surface area contributed by atoms with Gasteiger partial charge in [-0.1, -0.05) is 28.1 Å². The lowest BCUT2D eigenvalue weighted by molar-refractivity contribution is 0.551. The highest BCUT2D eigenvalue weighted by Crippen LogP contribution is 2.17. The first kappa shape index (κ1) is 12.3. The molecule has 0 saturated carbocycles. The zero-order valence-corrected chi connectivity index (χ0v) is 11.6. The highest BCUT2D eigenvalue weighted by Gasteiger charge is 2.06. The number of aryl methyl sites for hydroxylation is 1. The van der Waals surface area contributed by atoms with Crippen molar-refractivity contribution in [1.29, 1.82) is 0 Å². The third-order valence-corrected chi connectivity index (χ3v) is 3.65. The van der Waals surface area contributed by atoms with Gasteiger partial charge in [-0.2, -0.15) is 0 Å². The molecule has 0 aliphatic heterocycles. The fourth-order valence-electron chi connectivity index (χ4n) is 1.70. The van der Waals surface area contributed by atoms with E-state index in [-0.39, 0.29) is 6.04 Å². The van der Waals surface area contributed by atoms with Crippen molar-refractivity contribution in [2.24, 2.45) is 0 Å². The number of aromatic nitrogens is 2. The van der Waals surface area contributed by atoms with Gasteiger partial charge in [0.1, 0.15) is 5.82 Å². The monoisotopic (exact) mass is 293 g/mol. The molecule has 1 atom stereocenters. The van der Waals surface area contributed by atoms with E-state index >= 15 is 0 Å². The quantitative estimate of drug-likeness (QED) is 0.908. The lowest BCUT2D eigenvalue weighted by Gasteiger charge is -2.12. The first-order valence-corrected chi connectivity index (χ1v) is 6.44. The predicted molar refractivity (Wildman–Crippen MR) is 72.7 cm³/mol.